The maximum atomic E-state index is 13.3. The quantitative estimate of drug-likeness (QED) is 0.594. The van der Waals surface area contributed by atoms with Crippen LogP contribution in [0.5, 0.6) is 5.75 Å². The Kier molecular flexibility index (Phi) is 6.78. The molecule has 2 aromatic rings. The maximum absolute atomic E-state index is 13.3. The van der Waals surface area contributed by atoms with Gasteiger partial charge in [0.05, 0.1) is 5.56 Å². The number of nitrogens with zero attached hydrogens (tertiary/aromatic N) is 1. The van der Waals surface area contributed by atoms with Crippen LogP contribution in [0.4, 0.5) is 13.2 Å². The molecule has 0 bridgehead atoms. The molecule has 0 aliphatic carbocycles. The summed E-state index contributed by atoms with van der Waals surface area (Å²) in [6.45, 7) is 2.81. The summed E-state index contributed by atoms with van der Waals surface area (Å²) < 4.78 is 72.3. The number of amides is 1. The highest BCUT2D eigenvalue weighted by atomic mass is 32.2. The summed E-state index contributed by atoms with van der Waals surface area (Å²) in [6.07, 6.45) is -4.94. The smallest absolute Gasteiger partial charge is 0.425 e. The number of ether oxygens (including phenoxy) is 2. The van der Waals surface area contributed by atoms with Gasteiger partial charge in [-0.1, -0.05) is 18.2 Å². The molecule has 0 spiro atoms. The van der Waals surface area contributed by atoms with Crippen LogP contribution in [0.15, 0.2) is 41.3 Å². The topological polar surface area (TPSA) is 78.9 Å². The van der Waals surface area contributed by atoms with E-state index in [1.54, 1.807) is 0 Å². The predicted octanol–water partition coefficient (Wildman–Crippen LogP) is 4.30. The van der Waals surface area contributed by atoms with Crippen LogP contribution in [0, 0.1) is 0 Å². The van der Waals surface area contributed by atoms with Crippen LogP contribution in [0.2, 0.25) is 0 Å². The number of benzene rings is 2. The summed E-state index contributed by atoms with van der Waals surface area (Å²) in [4.78, 5) is 14.6. The van der Waals surface area contributed by atoms with Gasteiger partial charge >= 0.3 is 6.18 Å². The molecule has 1 amide bonds. The second-order valence-corrected chi connectivity index (χ2v) is 9.21. The molecular formula is C23H23F3NO5S-. The molecule has 2 heterocycles. The van der Waals surface area contributed by atoms with Crippen molar-refractivity contribution in [2.75, 3.05) is 13.2 Å². The van der Waals surface area contributed by atoms with Crippen LogP contribution in [0.3, 0.4) is 0 Å². The second kappa shape index (κ2) is 9.44. The van der Waals surface area contributed by atoms with Crippen LogP contribution in [-0.2, 0) is 28.9 Å². The van der Waals surface area contributed by atoms with Crippen molar-refractivity contribution in [3.8, 4) is 5.75 Å². The lowest BCUT2D eigenvalue weighted by molar-refractivity contribution is -0.189. The van der Waals surface area contributed by atoms with Crippen LogP contribution >= 0.6 is 0 Å². The van der Waals surface area contributed by atoms with Crippen molar-refractivity contribution in [1.29, 1.82) is 0 Å². The summed E-state index contributed by atoms with van der Waals surface area (Å²) in [6, 6.07) is 9.35. The van der Waals surface area contributed by atoms with Crippen molar-refractivity contribution >= 4 is 17.0 Å². The number of hydrogen-bond donors (Lipinski definition) is 0. The van der Waals surface area contributed by atoms with Crippen LogP contribution in [-0.4, -0.2) is 45.1 Å². The van der Waals surface area contributed by atoms with Gasteiger partial charge in [0.2, 0.25) is 0 Å². The molecule has 1 fully saturated rings. The fourth-order valence-corrected chi connectivity index (χ4v) is 4.55. The highest BCUT2D eigenvalue weighted by Gasteiger charge is 2.39. The Morgan fingerprint density at radius 2 is 1.85 bits per heavy atom. The summed E-state index contributed by atoms with van der Waals surface area (Å²) in [5, 5.41) is 0. The molecule has 4 rings (SSSR count). The molecule has 0 aromatic heterocycles. The lowest BCUT2D eigenvalue weighted by Crippen LogP contribution is -2.32. The largest absolute Gasteiger partial charge is 0.768 e. The first kappa shape index (κ1) is 23.7. The Morgan fingerprint density at radius 3 is 2.52 bits per heavy atom. The number of hydrogen-bond acceptors (Lipinski definition) is 5. The molecule has 2 aliphatic rings. The zero-order valence-corrected chi connectivity index (χ0v) is 18.7. The van der Waals surface area contributed by atoms with Gasteiger partial charge in [-0.05, 0) is 71.7 Å². The summed E-state index contributed by atoms with van der Waals surface area (Å²) >= 11 is -2.65. The third-order valence-electron chi connectivity index (χ3n) is 6.07. The molecule has 2 atom stereocenters. The Hall–Kier alpha value is -2.43. The van der Waals surface area contributed by atoms with E-state index in [2.05, 4.69) is 6.07 Å². The third kappa shape index (κ3) is 5.23. The van der Waals surface area contributed by atoms with Crippen molar-refractivity contribution in [1.82, 2.24) is 4.90 Å². The van der Waals surface area contributed by atoms with Gasteiger partial charge in [0.15, 0.2) is 6.10 Å². The van der Waals surface area contributed by atoms with Gasteiger partial charge < -0.3 is 18.9 Å². The first-order chi connectivity index (χ1) is 15.6. The van der Waals surface area contributed by atoms with Gasteiger partial charge in [-0.2, -0.15) is 13.2 Å². The highest BCUT2D eigenvalue weighted by Crippen LogP contribution is 2.34. The van der Waals surface area contributed by atoms with Gasteiger partial charge in [0, 0.05) is 31.2 Å². The minimum absolute atomic E-state index is 0.205. The zero-order valence-electron chi connectivity index (χ0n) is 17.9. The monoisotopic (exact) mass is 482 g/mol. The van der Waals surface area contributed by atoms with E-state index in [1.165, 1.54) is 10.5 Å². The highest BCUT2D eigenvalue weighted by molar-refractivity contribution is 7.79. The Labute approximate surface area is 192 Å². The van der Waals surface area contributed by atoms with E-state index >= 15 is 0 Å². The van der Waals surface area contributed by atoms with E-state index in [0.717, 1.165) is 49.1 Å². The van der Waals surface area contributed by atoms with Crippen LogP contribution in [0.1, 0.15) is 52.7 Å². The average molecular weight is 483 g/mol. The number of fused-ring (bicyclic) bond motifs is 1. The Bertz CT molecular complexity index is 1070. The maximum Gasteiger partial charge on any atom is 0.425 e. The minimum atomic E-state index is -4.63. The van der Waals surface area contributed by atoms with E-state index in [0.29, 0.717) is 19.1 Å². The number of halogens is 3. The standard InChI is InChI=1S/C23H24F3NO5S/c1-14(23(24,25)26)32-21-5-4-19(33(29)30)11-20(21)22(28)27-12-17-3-2-16(10-18(17)13-27)15-6-8-31-9-7-15/h2-5,10-11,14-15H,6-9,12-13H2,1H3,(H,29,30)/p-1. The molecule has 2 aromatic carbocycles. The van der Waals surface area contributed by atoms with Gasteiger partial charge in [0.1, 0.15) is 5.75 Å². The second-order valence-electron chi connectivity index (χ2n) is 8.27. The van der Waals surface area contributed by atoms with Crippen molar-refractivity contribution in [3.63, 3.8) is 0 Å². The van der Waals surface area contributed by atoms with E-state index in [9.17, 15) is 26.7 Å². The molecule has 6 nitrogen and oxygen atoms in total. The van der Waals surface area contributed by atoms with Gasteiger partial charge in [-0.15, -0.1) is 0 Å². The number of carbonyl (C=O) groups excluding carboxylic acids is 1. The van der Waals surface area contributed by atoms with E-state index in [-0.39, 0.29) is 29.3 Å². The Morgan fingerprint density at radius 1 is 1.15 bits per heavy atom. The van der Waals surface area contributed by atoms with E-state index < -0.39 is 29.3 Å². The first-order valence-corrected chi connectivity index (χ1v) is 11.7. The fourth-order valence-electron chi connectivity index (χ4n) is 4.15. The van der Waals surface area contributed by atoms with Crippen molar-refractivity contribution < 1.29 is 36.2 Å². The normalized spacial score (nSPS) is 18.6. The fraction of sp³-hybridized carbons (Fsp3) is 0.435. The van der Waals surface area contributed by atoms with Gasteiger partial charge in [-0.3, -0.25) is 9.00 Å². The molecule has 0 N–H and O–H groups in total. The zero-order chi connectivity index (χ0) is 23.8. The summed E-state index contributed by atoms with van der Waals surface area (Å²) in [7, 11) is 0. The minimum Gasteiger partial charge on any atom is -0.768 e. The molecule has 0 radical (unpaired) electrons. The van der Waals surface area contributed by atoms with Crippen LogP contribution in [0.25, 0.3) is 0 Å². The molecule has 1 saturated heterocycles. The van der Waals surface area contributed by atoms with E-state index in [4.69, 9.17) is 9.47 Å². The summed E-state index contributed by atoms with van der Waals surface area (Å²) in [5.74, 6) is -0.505. The lowest BCUT2D eigenvalue weighted by atomic mass is 9.90. The molecule has 2 aliphatic heterocycles. The average Bonchev–Trinajstić information content (AvgIpc) is 3.22. The molecular weight excluding hydrogens is 459 g/mol. The Balaban J connectivity index is 1.58. The van der Waals surface area contributed by atoms with Crippen molar-refractivity contribution in [2.24, 2.45) is 0 Å². The SMILES string of the molecule is CC(Oc1ccc(S(=O)[O-])cc1C(=O)N1Cc2ccc(C3CCOCC3)cc2C1)C(F)(F)F. The molecule has 10 heteroatoms. The molecule has 2 unspecified atom stereocenters. The predicted molar refractivity (Wildman–Crippen MR) is 113 cm³/mol. The van der Waals surface area contributed by atoms with E-state index in [1.807, 2.05) is 12.1 Å². The number of rotatable bonds is 5. The van der Waals surface area contributed by atoms with Crippen molar-refractivity contribution in [2.45, 2.75) is 55.9 Å². The van der Waals surface area contributed by atoms with Gasteiger partial charge in [0.25, 0.3) is 5.91 Å². The summed E-state index contributed by atoms with van der Waals surface area (Å²) in [5.41, 5.74) is 2.89. The lowest BCUT2D eigenvalue weighted by Gasteiger charge is -2.23. The number of carbonyl (C=O) groups is 1. The first-order valence-electron chi connectivity index (χ1n) is 10.6. The van der Waals surface area contributed by atoms with Crippen molar-refractivity contribution in [3.05, 3.63) is 58.7 Å². The van der Waals surface area contributed by atoms with Gasteiger partial charge in [-0.25, -0.2) is 0 Å². The molecule has 33 heavy (non-hydrogen) atoms. The third-order valence-corrected chi connectivity index (χ3v) is 6.71. The van der Waals surface area contributed by atoms with Crippen LogP contribution < -0.4 is 4.74 Å². The number of alkyl halides is 3. The molecule has 178 valence electrons. The molecule has 0 saturated carbocycles.